The fourth-order valence-corrected chi connectivity index (χ4v) is 12.9. The summed E-state index contributed by atoms with van der Waals surface area (Å²) in [5.41, 5.74) is 23.8. The van der Waals surface area contributed by atoms with Crippen molar-refractivity contribution in [2.45, 2.75) is 131 Å². The molecule has 5 nitrogen and oxygen atoms in total. The van der Waals surface area contributed by atoms with E-state index in [0.29, 0.717) is 5.56 Å². The molecule has 0 radical (unpaired) electrons. The molecule has 10 aromatic rings. The zero-order chi connectivity index (χ0) is 55.6. The minimum Gasteiger partial charge on any atom is -0.311 e. The quantitative estimate of drug-likeness (QED) is 0.165. The third kappa shape index (κ3) is 7.85. The first-order chi connectivity index (χ1) is 37.3. The van der Waals surface area contributed by atoms with Crippen LogP contribution in [0.4, 0.5) is 51.2 Å². The van der Waals surface area contributed by atoms with Crippen molar-refractivity contribution in [2.75, 3.05) is 14.7 Å². The van der Waals surface area contributed by atoms with Crippen molar-refractivity contribution in [1.29, 1.82) is 5.26 Å². The van der Waals surface area contributed by atoms with E-state index in [1.54, 1.807) is 0 Å². The number of hydrogen-bond acceptors (Lipinski definition) is 4. The molecule has 3 aliphatic rings. The average Bonchev–Trinajstić information content (AvgIpc) is 4.02. The number of rotatable bonds is 4. The normalized spacial score (nSPS) is 13.9. The molecular weight excluding hydrogens is 958 g/mol. The summed E-state index contributed by atoms with van der Waals surface area (Å²) in [6, 6.07) is 65.1. The smallest absolute Gasteiger partial charge is 0.252 e. The van der Waals surface area contributed by atoms with Crippen LogP contribution in [-0.4, -0.2) is 11.3 Å². The van der Waals surface area contributed by atoms with Gasteiger partial charge in [0.2, 0.25) is 0 Å². The second-order valence-electron chi connectivity index (χ2n) is 28.0. The van der Waals surface area contributed by atoms with E-state index in [1.807, 2.05) is 0 Å². The molecule has 13 rings (SSSR count). The predicted octanol–water partition coefficient (Wildman–Crippen LogP) is 18.2. The Kier molecular flexibility index (Phi) is 10.9. The Labute approximate surface area is 468 Å². The Balaban J connectivity index is 1.16. The molecule has 0 saturated carbocycles. The summed E-state index contributed by atoms with van der Waals surface area (Å²) in [5, 5.41) is 16.2. The molecule has 3 aliphatic heterocycles. The zero-order valence-electron chi connectivity index (χ0n) is 48.9. The standard InChI is InChI=1S/C73H72BN5/c1-69(2,3)46-23-28-51(29-24-46)76(52-30-25-47(26-31-52)70(4,5)6)53-32-33-57-61(42-53)77(59-22-18-20-45-19-16-17-21-54(45)59)62-35-44(43-75)36-63-66(62)74(57)58-39-50(73(13,14)15)41-65-68(58)79(63)64-40-49(72(10,11)12)38-56-55-37-48(71(7,8)9)27-34-60(55)78(65)67(56)64/h16-42H,1-15H3. The van der Waals surface area contributed by atoms with Crippen molar-refractivity contribution in [3.8, 4) is 11.8 Å². The topological polar surface area (TPSA) is 38.4 Å². The molecule has 6 heteroatoms. The second-order valence-corrected chi connectivity index (χ2v) is 28.0. The lowest BCUT2D eigenvalue weighted by atomic mass is 9.33. The molecule has 0 bridgehead atoms. The SMILES string of the molecule is CC(C)(C)c1ccc(N(c2ccc(C(C)(C)C)cc2)c2ccc3c(c2)N(c2cccc4ccccc24)c2cc(C#N)cc4c2B3c2cc(C(C)(C)C)cc3c2N4c2cc(C(C)(C)C)cc4c5cc(C(C)(C)C)ccc5n-3c24)cc1. The third-order valence-corrected chi connectivity index (χ3v) is 17.4. The van der Waals surface area contributed by atoms with Crippen molar-refractivity contribution in [2.24, 2.45) is 0 Å². The van der Waals surface area contributed by atoms with Gasteiger partial charge in [0.15, 0.2) is 0 Å². The molecule has 9 aromatic carbocycles. The number of nitrogens with zero attached hydrogens (tertiary/aromatic N) is 5. The van der Waals surface area contributed by atoms with Gasteiger partial charge in [-0.25, -0.2) is 0 Å². The maximum Gasteiger partial charge on any atom is 0.252 e. The summed E-state index contributed by atoms with van der Waals surface area (Å²) in [5.74, 6) is 0. The largest absolute Gasteiger partial charge is 0.311 e. The van der Waals surface area contributed by atoms with Crippen LogP contribution in [0.5, 0.6) is 0 Å². The van der Waals surface area contributed by atoms with Gasteiger partial charge >= 0.3 is 0 Å². The van der Waals surface area contributed by atoms with E-state index in [1.165, 1.54) is 77.4 Å². The molecule has 0 aliphatic carbocycles. The first kappa shape index (κ1) is 50.5. The molecule has 1 aromatic heterocycles. The molecule has 79 heavy (non-hydrogen) atoms. The van der Waals surface area contributed by atoms with Crippen molar-refractivity contribution < 1.29 is 0 Å². The van der Waals surface area contributed by atoms with Gasteiger partial charge in [-0.05, 0) is 162 Å². The van der Waals surface area contributed by atoms with Crippen LogP contribution in [0.1, 0.15) is 137 Å². The number of nitriles is 1. The summed E-state index contributed by atoms with van der Waals surface area (Å²) < 4.78 is 2.59. The van der Waals surface area contributed by atoms with Gasteiger partial charge in [-0.15, -0.1) is 0 Å². The van der Waals surface area contributed by atoms with Crippen LogP contribution in [0.25, 0.3) is 38.3 Å². The van der Waals surface area contributed by atoms with Gasteiger partial charge in [0.25, 0.3) is 6.71 Å². The average molecular weight is 1030 g/mol. The summed E-state index contributed by atoms with van der Waals surface area (Å²) in [7, 11) is 0. The van der Waals surface area contributed by atoms with Gasteiger partial charge < -0.3 is 19.3 Å². The predicted molar refractivity (Wildman–Crippen MR) is 339 cm³/mol. The maximum atomic E-state index is 11.4. The molecule has 0 spiro atoms. The Morgan fingerprint density at radius 1 is 0.392 bits per heavy atom. The maximum absolute atomic E-state index is 11.4. The molecule has 0 N–H and O–H groups in total. The third-order valence-electron chi connectivity index (χ3n) is 17.4. The summed E-state index contributed by atoms with van der Waals surface area (Å²) in [4.78, 5) is 7.49. The fourth-order valence-electron chi connectivity index (χ4n) is 12.9. The lowest BCUT2D eigenvalue weighted by molar-refractivity contribution is 0.590. The van der Waals surface area contributed by atoms with E-state index in [0.717, 1.165) is 56.3 Å². The number of hydrogen-bond donors (Lipinski definition) is 0. The molecular formula is C73H72BN5. The Bertz CT molecular complexity index is 4170. The van der Waals surface area contributed by atoms with Crippen molar-refractivity contribution >= 4 is 107 Å². The highest BCUT2D eigenvalue weighted by Gasteiger charge is 2.48. The molecule has 0 unspecified atom stereocenters. The van der Waals surface area contributed by atoms with Crippen molar-refractivity contribution in [3.05, 3.63) is 197 Å². The summed E-state index contributed by atoms with van der Waals surface area (Å²) >= 11 is 0. The number of benzene rings is 9. The highest BCUT2D eigenvalue weighted by Crippen LogP contribution is 2.55. The molecule has 392 valence electrons. The van der Waals surface area contributed by atoms with E-state index < -0.39 is 0 Å². The Hall–Kier alpha value is -8.01. The molecule has 4 heterocycles. The van der Waals surface area contributed by atoms with Crippen LogP contribution in [0, 0.1) is 11.3 Å². The number of anilines is 9. The van der Waals surface area contributed by atoms with E-state index in [4.69, 9.17) is 0 Å². The van der Waals surface area contributed by atoms with Gasteiger partial charge in [-0.2, -0.15) is 5.26 Å². The minimum atomic E-state index is -0.178. The fraction of sp³-hybridized carbons (Fsp3) is 0.274. The summed E-state index contributed by atoms with van der Waals surface area (Å²) in [6.07, 6.45) is 0. The lowest BCUT2D eigenvalue weighted by Crippen LogP contribution is -2.62. The molecule has 0 atom stereocenters. The minimum absolute atomic E-state index is 0.00325. The number of aromatic nitrogens is 1. The van der Waals surface area contributed by atoms with E-state index in [2.05, 4.69) is 293 Å². The van der Waals surface area contributed by atoms with Crippen LogP contribution in [0.3, 0.4) is 0 Å². The monoisotopic (exact) mass is 1030 g/mol. The van der Waals surface area contributed by atoms with Crippen LogP contribution < -0.4 is 31.1 Å². The second kappa shape index (κ2) is 17.0. The lowest BCUT2D eigenvalue weighted by Gasteiger charge is -2.47. The first-order valence-electron chi connectivity index (χ1n) is 28.4. The van der Waals surface area contributed by atoms with Crippen LogP contribution in [0.15, 0.2) is 164 Å². The van der Waals surface area contributed by atoms with E-state index >= 15 is 0 Å². The highest BCUT2D eigenvalue weighted by atomic mass is 15.2. The molecule has 0 saturated heterocycles. The Morgan fingerprint density at radius 3 is 1.53 bits per heavy atom. The van der Waals surface area contributed by atoms with E-state index in [9.17, 15) is 5.26 Å². The zero-order valence-corrected chi connectivity index (χ0v) is 48.9. The highest BCUT2D eigenvalue weighted by molar-refractivity contribution is 7.00. The van der Waals surface area contributed by atoms with Crippen molar-refractivity contribution in [1.82, 2.24) is 4.57 Å². The Morgan fingerprint density at radius 2 is 0.924 bits per heavy atom. The first-order valence-corrected chi connectivity index (χ1v) is 28.4. The molecule has 0 fully saturated rings. The van der Waals surface area contributed by atoms with Crippen molar-refractivity contribution in [3.63, 3.8) is 0 Å². The number of fused-ring (bicyclic) bond motifs is 10. The van der Waals surface area contributed by atoms with Gasteiger partial charge in [0.05, 0.1) is 45.4 Å². The van der Waals surface area contributed by atoms with Crippen LogP contribution >= 0.6 is 0 Å². The van der Waals surface area contributed by atoms with Gasteiger partial charge in [-0.3, -0.25) is 0 Å². The van der Waals surface area contributed by atoms with E-state index in [-0.39, 0.29) is 33.8 Å². The summed E-state index contributed by atoms with van der Waals surface area (Å²) in [6.45, 7) is 34.5. The van der Waals surface area contributed by atoms with Gasteiger partial charge in [0.1, 0.15) is 0 Å². The molecule has 0 amide bonds. The van der Waals surface area contributed by atoms with Crippen LogP contribution in [0.2, 0.25) is 0 Å². The van der Waals surface area contributed by atoms with Crippen LogP contribution in [-0.2, 0) is 27.1 Å². The van der Waals surface area contributed by atoms with Gasteiger partial charge in [0, 0.05) is 50.3 Å². The van der Waals surface area contributed by atoms with Gasteiger partial charge in [-0.1, -0.05) is 183 Å².